The average Bonchev–Trinajstić information content (AvgIpc) is 3.56. The molecule has 0 aromatic heterocycles. The molecule has 2 saturated heterocycles. The van der Waals surface area contributed by atoms with E-state index in [1.807, 2.05) is 42.5 Å². The van der Waals surface area contributed by atoms with Gasteiger partial charge in [-0.05, 0) is 48.1 Å². The minimum absolute atomic E-state index is 0.0389. The third-order valence-corrected chi connectivity index (χ3v) is 9.52. The minimum Gasteiger partial charge on any atom is -0.359 e. The van der Waals surface area contributed by atoms with Crippen molar-refractivity contribution in [2.75, 3.05) is 5.32 Å². The highest BCUT2D eigenvalue weighted by atomic mass is 35.5. The van der Waals surface area contributed by atoms with E-state index in [9.17, 15) is 14.4 Å². The molecule has 8 atom stereocenters. The lowest BCUT2D eigenvalue weighted by Crippen LogP contribution is -2.57. The Labute approximate surface area is 233 Å². The van der Waals surface area contributed by atoms with Crippen molar-refractivity contribution in [1.29, 1.82) is 0 Å². The van der Waals surface area contributed by atoms with Crippen LogP contribution >= 0.6 is 11.6 Å². The Hall–Kier alpha value is -3.16. The Morgan fingerprint density at radius 3 is 2.54 bits per heavy atom. The highest BCUT2D eigenvalue weighted by Crippen LogP contribution is 2.55. The Kier molecular flexibility index (Phi) is 6.76. The van der Waals surface area contributed by atoms with Crippen LogP contribution in [-0.4, -0.2) is 46.4 Å². The fourth-order valence-electron chi connectivity index (χ4n) is 7.02. The number of nitrogens with zero attached hydrogens (tertiary/aromatic N) is 1. The first-order chi connectivity index (χ1) is 18.8. The molecule has 2 bridgehead atoms. The van der Waals surface area contributed by atoms with Gasteiger partial charge in [0.15, 0.2) is 0 Å². The van der Waals surface area contributed by atoms with E-state index in [-0.39, 0.29) is 30.3 Å². The molecule has 1 saturated carbocycles. The van der Waals surface area contributed by atoms with Crippen LogP contribution in [0.4, 0.5) is 5.69 Å². The molecule has 204 valence electrons. The molecule has 1 spiro atoms. The largest absolute Gasteiger partial charge is 0.359 e. The first-order valence-corrected chi connectivity index (χ1v) is 14.2. The molecule has 39 heavy (non-hydrogen) atoms. The van der Waals surface area contributed by atoms with E-state index in [0.717, 1.165) is 24.8 Å². The number of benzene rings is 2. The van der Waals surface area contributed by atoms with Crippen molar-refractivity contribution in [3.63, 3.8) is 0 Å². The SMILES string of the molecule is C[C@@H]1[C@H](C)CCC[C@@H]1NC(=O)[C@@H]1N(Cc2ccccc2)C(=O)[C@H]2[C@@H](C(=O)Nc3ccc(Cl)cc3)[C@H]3C=C[C@@]12O3. The lowest BCUT2D eigenvalue weighted by Gasteiger charge is -2.38. The summed E-state index contributed by atoms with van der Waals surface area (Å²) in [7, 11) is 0. The first-order valence-electron chi connectivity index (χ1n) is 13.9. The molecule has 6 rings (SSSR count). The van der Waals surface area contributed by atoms with Gasteiger partial charge in [-0.3, -0.25) is 14.4 Å². The predicted molar refractivity (Wildman–Crippen MR) is 149 cm³/mol. The molecule has 2 aromatic rings. The monoisotopic (exact) mass is 547 g/mol. The van der Waals surface area contributed by atoms with Gasteiger partial charge in [-0.1, -0.05) is 80.8 Å². The maximum Gasteiger partial charge on any atom is 0.246 e. The number of fused-ring (bicyclic) bond motifs is 1. The number of carbonyl (C=O) groups excluding carboxylic acids is 3. The van der Waals surface area contributed by atoms with Gasteiger partial charge in [0, 0.05) is 23.3 Å². The molecule has 8 heteroatoms. The summed E-state index contributed by atoms with van der Waals surface area (Å²) in [4.78, 5) is 43.5. The van der Waals surface area contributed by atoms with Crippen molar-refractivity contribution in [3.05, 3.63) is 77.3 Å². The normalized spacial score (nSPS) is 34.7. The summed E-state index contributed by atoms with van der Waals surface area (Å²) in [5, 5.41) is 6.79. The number of halogens is 1. The first kappa shape index (κ1) is 26.1. The molecule has 0 radical (unpaired) electrons. The van der Waals surface area contributed by atoms with E-state index in [0.29, 0.717) is 22.5 Å². The van der Waals surface area contributed by atoms with Gasteiger partial charge >= 0.3 is 0 Å². The van der Waals surface area contributed by atoms with Gasteiger partial charge < -0.3 is 20.3 Å². The quantitative estimate of drug-likeness (QED) is 0.519. The van der Waals surface area contributed by atoms with E-state index in [2.05, 4.69) is 24.5 Å². The summed E-state index contributed by atoms with van der Waals surface area (Å²) in [5.74, 6) is -1.43. The Morgan fingerprint density at radius 2 is 1.79 bits per heavy atom. The number of anilines is 1. The summed E-state index contributed by atoms with van der Waals surface area (Å²) >= 11 is 6.00. The Balaban J connectivity index is 1.32. The maximum absolute atomic E-state index is 14.1. The number of rotatable bonds is 6. The van der Waals surface area contributed by atoms with Crippen LogP contribution in [-0.2, 0) is 25.7 Å². The van der Waals surface area contributed by atoms with Crippen LogP contribution in [0.15, 0.2) is 66.7 Å². The Morgan fingerprint density at radius 1 is 1.05 bits per heavy atom. The van der Waals surface area contributed by atoms with E-state index < -0.39 is 29.6 Å². The second-order valence-electron chi connectivity index (χ2n) is 11.5. The van der Waals surface area contributed by atoms with Crippen LogP contribution in [0, 0.1) is 23.7 Å². The van der Waals surface area contributed by atoms with Crippen LogP contribution in [0.1, 0.15) is 38.7 Å². The predicted octanol–water partition coefficient (Wildman–Crippen LogP) is 4.57. The molecule has 4 aliphatic rings. The van der Waals surface area contributed by atoms with Gasteiger partial charge in [-0.15, -0.1) is 0 Å². The lowest BCUT2D eigenvalue weighted by atomic mass is 9.73. The van der Waals surface area contributed by atoms with E-state index in [1.54, 1.807) is 29.2 Å². The van der Waals surface area contributed by atoms with E-state index in [1.165, 1.54) is 0 Å². The summed E-state index contributed by atoms with van der Waals surface area (Å²) in [6.45, 7) is 4.68. The van der Waals surface area contributed by atoms with Crippen molar-refractivity contribution in [2.24, 2.45) is 23.7 Å². The summed E-state index contributed by atoms with van der Waals surface area (Å²) in [6.07, 6.45) is 6.25. The summed E-state index contributed by atoms with van der Waals surface area (Å²) in [5.41, 5.74) is 0.318. The van der Waals surface area contributed by atoms with Crippen LogP contribution in [0.2, 0.25) is 5.02 Å². The zero-order valence-electron chi connectivity index (χ0n) is 22.2. The molecule has 7 nitrogen and oxygen atoms in total. The van der Waals surface area contributed by atoms with Gasteiger partial charge in [-0.2, -0.15) is 0 Å². The number of carbonyl (C=O) groups is 3. The van der Waals surface area contributed by atoms with Crippen molar-refractivity contribution in [1.82, 2.24) is 10.2 Å². The number of likely N-dealkylation sites (tertiary alicyclic amines) is 1. The third kappa shape index (κ3) is 4.45. The number of ether oxygens (including phenoxy) is 1. The fourth-order valence-corrected chi connectivity index (χ4v) is 7.15. The van der Waals surface area contributed by atoms with Crippen LogP contribution in [0.5, 0.6) is 0 Å². The van der Waals surface area contributed by atoms with Gasteiger partial charge in [0.25, 0.3) is 0 Å². The van der Waals surface area contributed by atoms with Gasteiger partial charge in [0.1, 0.15) is 11.6 Å². The molecule has 3 fully saturated rings. The summed E-state index contributed by atoms with van der Waals surface area (Å²) < 4.78 is 6.47. The van der Waals surface area contributed by atoms with Crippen molar-refractivity contribution < 1.29 is 19.1 Å². The van der Waals surface area contributed by atoms with E-state index >= 15 is 0 Å². The number of hydrogen-bond donors (Lipinski definition) is 2. The second kappa shape index (κ2) is 10.1. The van der Waals surface area contributed by atoms with Gasteiger partial charge in [-0.25, -0.2) is 0 Å². The third-order valence-electron chi connectivity index (χ3n) is 9.27. The molecule has 3 amide bonds. The van der Waals surface area contributed by atoms with Crippen molar-refractivity contribution in [2.45, 2.75) is 63.4 Å². The minimum atomic E-state index is -1.19. The van der Waals surface area contributed by atoms with E-state index in [4.69, 9.17) is 16.3 Å². The van der Waals surface area contributed by atoms with Crippen molar-refractivity contribution >= 4 is 35.0 Å². The van der Waals surface area contributed by atoms with Gasteiger partial charge in [0.2, 0.25) is 17.7 Å². The highest BCUT2D eigenvalue weighted by Gasteiger charge is 2.72. The lowest BCUT2D eigenvalue weighted by molar-refractivity contribution is -0.142. The second-order valence-corrected chi connectivity index (χ2v) is 12.0. The number of nitrogens with one attached hydrogen (secondary N) is 2. The number of amides is 3. The molecule has 1 aliphatic carbocycles. The standard InChI is InChI=1S/C31H34ClN3O4/c1-18-7-6-10-23(19(18)2)34-29(37)27-31-16-15-24(39-31)25(28(36)33-22-13-11-21(32)12-14-22)26(31)30(38)35(27)17-20-8-4-3-5-9-20/h3-5,8-9,11-16,18-19,23-27H,6-7,10,17H2,1-2H3,(H,33,36)(H,34,37)/t18-,19-,23+,24-,25+,26-,27+,31+/m1/s1. The maximum atomic E-state index is 14.1. The van der Waals surface area contributed by atoms with Gasteiger partial charge in [0.05, 0.1) is 17.9 Å². The molecule has 0 unspecified atom stereocenters. The molecule has 2 N–H and O–H groups in total. The molecule has 3 heterocycles. The zero-order chi connectivity index (χ0) is 27.3. The Bertz CT molecular complexity index is 1300. The molecule has 3 aliphatic heterocycles. The molecular weight excluding hydrogens is 514 g/mol. The summed E-state index contributed by atoms with van der Waals surface area (Å²) in [6, 6.07) is 15.7. The zero-order valence-corrected chi connectivity index (χ0v) is 22.9. The highest BCUT2D eigenvalue weighted by molar-refractivity contribution is 6.30. The van der Waals surface area contributed by atoms with Crippen molar-refractivity contribution in [3.8, 4) is 0 Å². The average molecular weight is 548 g/mol. The smallest absolute Gasteiger partial charge is 0.246 e. The molecule has 2 aromatic carbocycles. The van der Waals surface area contributed by atoms with Crippen LogP contribution in [0.25, 0.3) is 0 Å². The topological polar surface area (TPSA) is 87.7 Å². The van der Waals surface area contributed by atoms with Crippen LogP contribution in [0.3, 0.4) is 0 Å². The number of hydrogen-bond acceptors (Lipinski definition) is 4. The van der Waals surface area contributed by atoms with Crippen LogP contribution < -0.4 is 10.6 Å². The fraction of sp³-hybridized carbons (Fsp3) is 0.452. The molecular formula is C31H34ClN3O4.